The van der Waals surface area contributed by atoms with Crippen LogP contribution in [0.5, 0.6) is 0 Å². The highest BCUT2D eigenvalue weighted by molar-refractivity contribution is 5.86. The third-order valence-electron chi connectivity index (χ3n) is 4.17. The highest BCUT2D eigenvalue weighted by Gasteiger charge is 2.28. The van der Waals surface area contributed by atoms with E-state index in [4.69, 9.17) is 0 Å². The second-order valence-electron chi connectivity index (χ2n) is 5.83. The Bertz CT molecular complexity index is 727. The number of benzene rings is 2. The van der Waals surface area contributed by atoms with Crippen LogP contribution < -0.4 is 5.32 Å². The molecule has 1 atom stereocenters. The lowest BCUT2D eigenvalue weighted by atomic mass is 10.0. The number of carbonyl (C=O) groups excluding carboxylic acids is 1. The summed E-state index contributed by atoms with van der Waals surface area (Å²) >= 11 is 0. The molecule has 1 fully saturated rings. The van der Waals surface area contributed by atoms with Crippen molar-refractivity contribution in [3.63, 3.8) is 0 Å². The molecule has 0 saturated carbocycles. The average molecular weight is 325 g/mol. The minimum atomic E-state index is -0.550. The van der Waals surface area contributed by atoms with Gasteiger partial charge < -0.3 is 10.2 Å². The summed E-state index contributed by atoms with van der Waals surface area (Å²) in [5, 5.41) is 14.1. The van der Waals surface area contributed by atoms with Gasteiger partial charge in [0.05, 0.1) is 4.92 Å². The fraction of sp³-hybridized carbons (Fsp3) is 0.278. The smallest absolute Gasteiger partial charge is 0.271 e. The first-order valence-electron chi connectivity index (χ1n) is 8.00. The number of anilines is 1. The quantitative estimate of drug-likeness (QED) is 0.675. The van der Waals surface area contributed by atoms with Crippen LogP contribution in [0.2, 0.25) is 0 Å². The topological polar surface area (TPSA) is 75.5 Å². The number of likely N-dealkylation sites (tertiary alicyclic amines) is 1. The first-order chi connectivity index (χ1) is 11.6. The van der Waals surface area contributed by atoms with Crippen molar-refractivity contribution in [1.82, 2.24) is 4.90 Å². The minimum absolute atomic E-state index is 0.000401. The van der Waals surface area contributed by atoms with Gasteiger partial charge in [0.1, 0.15) is 6.04 Å². The van der Waals surface area contributed by atoms with Crippen molar-refractivity contribution in [3.05, 3.63) is 70.3 Å². The molecule has 1 N–H and O–H groups in total. The van der Waals surface area contributed by atoms with E-state index in [-0.39, 0.29) is 11.6 Å². The van der Waals surface area contributed by atoms with Crippen LogP contribution in [0.25, 0.3) is 0 Å². The van der Waals surface area contributed by atoms with Gasteiger partial charge in [-0.1, -0.05) is 36.4 Å². The Labute approximate surface area is 140 Å². The lowest BCUT2D eigenvalue weighted by Gasteiger charge is -2.25. The lowest BCUT2D eigenvalue weighted by molar-refractivity contribution is -0.384. The maximum absolute atomic E-state index is 12.9. The zero-order chi connectivity index (χ0) is 16.9. The van der Waals surface area contributed by atoms with Crippen LogP contribution in [0, 0.1) is 10.1 Å². The number of hydrogen-bond acceptors (Lipinski definition) is 4. The van der Waals surface area contributed by atoms with Crippen LogP contribution >= 0.6 is 0 Å². The third-order valence-corrected chi connectivity index (χ3v) is 4.17. The van der Waals surface area contributed by atoms with Gasteiger partial charge in [-0.3, -0.25) is 14.9 Å². The van der Waals surface area contributed by atoms with Gasteiger partial charge in [-0.2, -0.15) is 0 Å². The number of amides is 1. The summed E-state index contributed by atoms with van der Waals surface area (Å²) < 4.78 is 0. The number of non-ortho nitro benzene ring substituents is 1. The highest BCUT2D eigenvalue weighted by Crippen LogP contribution is 2.25. The van der Waals surface area contributed by atoms with Gasteiger partial charge in [-0.25, -0.2) is 0 Å². The minimum Gasteiger partial charge on any atom is -0.370 e. The molecule has 0 aliphatic carbocycles. The molecule has 0 spiro atoms. The summed E-state index contributed by atoms with van der Waals surface area (Å²) in [4.78, 5) is 25.3. The van der Waals surface area contributed by atoms with Crippen molar-refractivity contribution in [3.8, 4) is 0 Å². The molecule has 1 saturated heterocycles. The first-order valence-corrected chi connectivity index (χ1v) is 8.00. The van der Waals surface area contributed by atoms with E-state index in [9.17, 15) is 14.9 Å². The Morgan fingerprint density at radius 3 is 2.46 bits per heavy atom. The normalized spacial score (nSPS) is 15.1. The molecule has 0 aromatic heterocycles. The molecule has 2 aromatic carbocycles. The van der Waals surface area contributed by atoms with Gasteiger partial charge >= 0.3 is 0 Å². The standard InChI is InChI=1S/C18H19N3O3/c22-18(20-11-4-5-12-20)17(14-7-2-1-3-8-14)19-15-9-6-10-16(13-15)21(23)24/h1-3,6-10,13,17,19H,4-5,11-12H2/t17-/m0/s1. The van der Waals surface area contributed by atoms with E-state index < -0.39 is 11.0 Å². The molecule has 24 heavy (non-hydrogen) atoms. The van der Waals surface area contributed by atoms with Crippen LogP contribution in [0.1, 0.15) is 24.4 Å². The lowest BCUT2D eigenvalue weighted by Crippen LogP contribution is -2.36. The predicted molar refractivity (Wildman–Crippen MR) is 91.7 cm³/mol. The van der Waals surface area contributed by atoms with E-state index in [0.29, 0.717) is 5.69 Å². The molecular formula is C18H19N3O3. The molecule has 0 bridgehead atoms. The Morgan fingerprint density at radius 2 is 1.79 bits per heavy atom. The van der Waals surface area contributed by atoms with Crippen molar-refractivity contribution in [2.45, 2.75) is 18.9 Å². The Hall–Kier alpha value is -2.89. The fourth-order valence-electron chi connectivity index (χ4n) is 2.93. The maximum Gasteiger partial charge on any atom is 0.271 e. The number of nitro benzene ring substituents is 1. The second kappa shape index (κ2) is 7.12. The zero-order valence-electron chi connectivity index (χ0n) is 13.2. The van der Waals surface area contributed by atoms with E-state index >= 15 is 0 Å². The maximum atomic E-state index is 12.9. The number of hydrogen-bond donors (Lipinski definition) is 1. The molecule has 3 rings (SSSR count). The number of nitro groups is 1. The summed E-state index contributed by atoms with van der Waals surface area (Å²) in [5.74, 6) is 0.00482. The molecule has 0 radical (unpaired) electrons. The largest absolute Gasteiger partial charge is 0.370 e. The first kappa shape index (κ1) is 16.0. The van der Waals surface area contributed by atoms with Gasteiger partial charge in [0.2, 0.25) is 5.91 Å². The van der Waals surface area contributed by atoms with Crippen molar-refractivity contribution < 1.29 is 9.72 Å². The zero-order valence-corrected chi connectivity index (χ0v) is 13.2. The van der Waals surface area contributed by atoms with E-state index in [1.54, 1.807) is 12.1 Å². The number of nitrogens with zero attached hydrogens (tertiary/aromatic N) is 2. The van der Waals surface area contributed by atoms with Crippen LogP contribution in [0.4, 0.5) is 11.4 Å². The van der Waals surface area contributed by atoms with Gasteiger partial charge in [0, 0.05) is 30.9 Å². The van der Waals surface area contributed by atoms with E-state index in [1.165, 1.54) is 12.1 Å². The Morgan fingerprint density at radius 1 is 1.08 bits per heavy atom. The van der Waals surface area contributed by atoms with Crippen molar-refractivity contribution >= 4 is 17.3 Å². The summed E-state index contributed by atoms with van der Waals surface area (Å²) in [7, 11) is 0. The van der Waals surface area contributed by atoms with Gasteiger partial charge in [-0.05, 0) is 24.5 Å². The number of nitrogens with one attached hydrogen (secondary N) is 1. The SMILES string of the molecule is O=C([C@@H](Nc1cccc([N+](=O)[O-])c1)c1ccccc1)N1CCCC1. The average Bonchev–Trinajstić information content (AvgIpc) is 3.15. The molecule has 124 valence electrons. The fourth-order valence-corrected chi connectivity index (χ4v) is 2.93. The second-order valence-corrected chi connectivity index (χ2v) is 5.83. The van der Waals surface area contributed by atoms with Crippen molar-refractivity contribution in [2.24, 2.45) is 0 Å². The van der Waals surface area contributed by atoms with Gasteiger partial charge in [-0.15, -0.1) is 0 Å². The molecule has 2 aromatic rings. The molecule has 6 heteroatoms. The van der Waals surface area contributed by atoms with E-state index in [0.717, 1.165) is 31.5 Å². The monoisotopic (exact) mass is 325 g/mol. The van der Waals surface area contributed by atoms with Crippen molar-refractivity contribution in [1.29, 1.82) is 0 Å². The van der Waals surface area contributed by atoms with Crippen molar-refractivity contribution in [2.75, 3.05) is 18.4 Å². The van der Waals surface area contributed by atoms with Gasteiger partial charge in [0.25, 0.3) is 5.69 Å². The van der Waals surface area contributed by atoms with Crippen LogP contribution in [-0.4, -0.2) is 28.8 Å². The van der Waals surface area contributed by atoms with E-state index in [1.807, 2.05) is 35.2 Å². The molecule has 6 nitrogen and oxygen atoms in total. The van der Waals surface area contributed by atoms with Crippen LogP contribution in [0.15, 0.2) is 54.6 Å². The summed E-state index contributed by atoms with van der Waals surface area (Å²) in [6.45, 7) is 1.53. The number of carbonyl (C=O) groups is 1. The summed E-state index contributed by atoms with van der Waals surface area (Å²) in [6.07, 6.45) is 2.04. The highest BCUT2D eigenvalue weighted by atomic mass is 16.6. The van der Waals surface area contributed by atoms with E-state index in [2.05, 4.69) is 5.32 Å². The molecule has 1 heterocycles. The van der Waals surface area contributed by atoms with Gasteiger partial charge in [0.15, 0.2) is 0 Å². The molecule has 1 aliphatic heterocycles. The molecular weight excluding hydrogens is 306 g/mol. The van der Waals surface area contributed by atoms with Crippen LogP contribution in [-0.2, 0) is 4.79 Å². The molecule has 1 amide bonds. The Balaban J connectivity index is 1.88. The summed E-state index contributed by atoms with van der Waals surface area (Å²) in [5.41, 5.74) is 1.41. The summed E-state index contributed by atoms with van der Waals surface area (Å²) in [6, 6.07) is 15.1. The molecule has 1 aliphatic rings. The Kier molecular flexibility index (Phi) is 4.74. The third kappa shape index (κ3) is 3.53. The predicted octanol–water partition coefficient (Wildman–Crippen LogP) is 3.37. The van der Waals surface area contributed by atoms with Crippen LogP contribution in [0.3, 0.4) is 0 Å². The number of rotatable bonds is 5. The molecule has 0 unspecified atom stereocenters.